The zero-order valence-corrected chi connectivity index (χ0v) is 16.1. The molecule has 0 spiro atoms. The number of nitrogens with zero attached hydrogens (tertiary/aromatic N) is 4. The van der Waals surface area contributed by atoms with Gasteiger partial charge in [0.15, 0.2) is 5.16 Å². The number of anilines is 1. The highest BCUT2D eigenvalue weighted by Crippen LogP contribution is 2.28. The molecule has 0 saturated heterocycles. The van der Waals surface area contributed by atoms with Gasteiger partial charge in [-0.2, -0.15) is 11.3 Å². The molecule has 0 atom stereocenters. The summed E-state index contributed by atoms with van der Waals surface area (Å²) in [7, 11) is 1.90. The highest BCUT2D eigenvalue weighted by molar-refractivity contribution is 7.99. The number of benzene rings is 1. The fraction of sp³-hybridized carbons (Fsp3) is 0.0588. The Bertz CT molecular complexity index is 1020. The Labute approximate surface area is 161 Å². The van der Waals surface area contributed by atoms with Crippen LogP contribution in [0.5, 0.6) is 0 Å². The molecule has 3 heterocycles. The molecule has 0 fully saturated rings. The SMILES string of the molecule is Cn1cnnc1Sc1ccc(NC(=O)c2csc(-c3ccsc3)n2)cc1. The number of hydrogen-bond acceptors (Lipinski definition) is 7. The van der Waals surface area contributed by atoms with Crippen LogP contribution in [0.4, 0.5) is 5.69 Å². The standard InChI is InChI=1S/C17H13N5OS3/c1-22-10-18-21-17(22)26-13-4-2-12(3-5-13)19-15(23)14-9-25-16(20-14)11-6-7-24-8-11/h2-10H,1H3,(H,19,23). The van der Waals surface area contributed by atoms with Crippen molar-refractivity contribution in [2.24, 2.45) is 7.05 Å². The van der Waals surface area contributed by atoms with Crippen molar-refractivity contribution >= 4 is 46.0 Å². The van der Waals surface area contributed by atoms with Gasteiger partial charge in [-0.05, 0) is 47.5 Å². The number of carbonyl (C=O) groups is 1. The van der Waals surface area contributed by atoms with Crippen molar-refractivity contribution in [3.05, 3.63) is 58.5 Å². The van der Waals surface area contributed by atoms with Gasteiger partial charge in [0.1, 0.15) is 17.0 Å². The highest BCUT2D eigenvalue weighted by atomic mass is 32.2. The Morgan fingerprint density at radius 2 is 2.04 bits per heavy atom. The third kappa shape index (κ3) is 3.69. The minimum absolute atomic E-state index is 0.212. The summed E-state index contributed by atoms with van der Waals surface area (Å²) in [5.74, 6) is -0.212. The molecule has 1 N–H and O–H groups in total. The molecule has 0 saturated carbocycles. The van der Waals surface area contributed by atoms with Crippen molar-refractivity contribution in [1.29, 1.82) is 0 Å². The van der Waals surface area contributed by atoms with E-state index in [0.29, 0.717) is 5.69 Å². The predicted octanol–water partition coefficient (Wildman–Crippen LogP) is 4.40. The van der Waals surface area contributed by atoms with Gasteiger partial charge in [0.05, 0.1) is 0 Å². The molecule has 0 aliphatic heterocycles. The molecular formula is C17H13N5OS3. The Balaban J connectivity index is 1.42. The lowest BCUT2D eigenvalue weighted by Gasteiger charge is -2.05. The third-order valence-corrected chi connectivity index (χ3v) is 6.13. The van der Waals surface area contributed by atoms with Gasteiger partial charge in [0.2, 0.25) is 0 Å². The number of rotatable bonds is 5. The van der Waals surface area contributed by atoms with Crippen LogP contribution in [0.15, 0.2) is 62.9 Å². The van der Waals surface area contributed by atoms with Crippen molar-refractivity contribution in [2.75, 3.05) is 5.32 Å². The van der Waals surface area contributed by atoms with E-state index in [0.717, 1.165) is 26.3 Å². The number of thiophene rings is 1. The first-order valence-electron chi connectivity index (χ1n) is 7.60. The summed E-state index contributed by atoms with van der Waals surface area (Å²) in [6.45, 7) is 0. The topological polar surface area (TPSA) is 72.7 Å². The Morgan fingerprint density at radius 3 is 2.73 bits per heavy atom. The summed E-state index contributed by atoms with van der Waals surface area (Å²) in [6.07, 6.45) is 1.66. The predicted molar refractivity (Wildman–Crippen MR) is 105 cm³/mol. The van der Waals surface area contributed by atoms with Gasteiger partial charge in [-0.3, -0.25) is 4.79 Å². The van der Waals surface area contributed by atoms with Gasteiger partial charge in [-0.1, -0.05) is 0 Å². The average molecular weight is 400 g/mol. The first-order chi connectivity index (χ1) is 12.7. The number of thiazole rings is 1. The van der Waals surface area contributed by atoms with E-state index in [1.807, 2.05) is 52.7 Å². The number of nitrogens with one attached hydrogen (secondary N) is 1. The average Bonchev–Trinajstić information content (AvgIpc) is 3.38. The second-order valence-corrected chi connectivity index (χ2v) is 8.03. The van der Waals surface area contributed by atoms with Crippen molar-refractivity contribution in [2.45, 2.75) is 10.1 Å². The molecule has 4 rings (SSSR count). The maximum absolute atomic E-state index is 12.4. The molecule has 0 radical (unpaired) electrons. The van der Waals surface area contributed by atoms with Gasteiger partial charge in [-0.15, -0.1) is 21.5 Å². The maximum atomic E-state index is 12.4. The van der Waals surface area contributed by atoms with Crippen LogP contribution in [0.25, 0.3) is 10.6 Å². The van der Waals surface area contributed by atoms with E-state index in [1.54, 1.807) is 23.0 Å². The van der Waals surface area contributed by atoms with Crippen molar-refractivity contribution < 1.29 is 4.79 Å². The summed E-state index contributed by atoms with van der Waals surface area (Å²) in [5.41, 5.74) is 2.19. The minimum atomic E-state index is -0.212. The van der Waals surface area contributed by atoms with Gasteiger partial charge in [-0.25, -0.2) is 4.98 Å². The van der Waals surface area contributed by atoms with Crippen LogP contribution in [-0.4, -0.2) is 25.7 Å². The monoisotopic (exact) mass is 399 g/mol. The highest BCUT2D eigenvalue weighted by Gasteiger charge is 2.12. The van der Waals surface area contributed by atoms with E-state index in [1.165, 1.54) is 23.1 Å². The van der Waals surface area contributed by atoms with Crippen molar-refractivity contribution in [1.82, 2.24) is 19.7 Å². The van der Waals surface area contributed by atoms with Crippen LogP contribution in [0.2, 0.25) is 0 Å². The van der Waals surface area contributed by atoms with Crippen molar-refractivity contribution in [3.63, 3.8) is 0 Å². The quantitative estimate of drug-likeness (QED) is 0.538. The molecule has 1 amide bonds. The number of aromatic nitrogens is 4. The molecule has 6 nitrogen and oxygen atoms in total. The fourth-order valence-corrected chi connectivity index (χ4v) is 4.44. The third-order valence-electron chi connectivity index (χ3n) is 3.50. The second-order valence-electron chi connectivity index (χ2n) is 5.35. The smallest absolute Gasteiger partial charge is 0.275 e. The summed E-state index contributed by atoms with van der Waals surface area (Å²) < 4.78 is 1.85. The van der Waals surface area contributed by atoms with E-state index in [9.17, 15) is 4.79 Å². The maximum Gasteiger partial charge on any atom is 0.275 e. The second kappa shape index (κ2) is 7.40. The Hall–Kier alpha value is -2.49. The van der Waals surface area contributed by atoms with Crippen LogP contribution in [0.3, 0.4) is 0 Å². The van der Waals surface area contributed by atoms with Crippen LogP contribution in [-0.2, 0) is 7.05 Å². The van der Waals surface area contributed by atoms with E-state index >= 15 is 0 Å². The Kier molecular flexibility index (Phi) is 4.83. The van der Waals surface area contributed by atoms with E-state index in [4.69, 9.17) is 0 Å². The van der Waals surface area contributed by atoms with Crippen LogP contribution in [0.1, 0.15) is 10.5 Å². The first kappa shape index (κ1) is 17.0. The lowest BCUT2D eigenvalue weighted by Crippen LogP contribution is -2.12. The molecule has 1 aromatic carbocycles. The van der Waals surface area contributed by atoms with Gasteiger partial charge in [0.25, 0.3) is 5.91 Å². The summed E-state index contributed by atoms with van der Waals surface area (Å²) in [6, 6.07) is 9.60. The van der Waals surface area contributed by atoms with Gasteiger partial charge < -0.3 is 9.88 Å². The molecule has 26 heavy (non-hydrogen) atoms. The summed E-state index contributed by atoms with van der Waals surface area (Å²) in [4.78, 5) is 17.8. The Morgan fingerprint density at radius 1 is 1.19 bits per heavy atom. The molecule has 0 bridgehead atoms. The normalized spacial score (nSPS) is 10.8. The number of hydrogen-bond donors (Lipinski definition) is 1. The fourth-order valence-electron chi connectivity index (χ4n) is 2.17. The van der Waals surface area contributed by atoms with Crippen LogP contribution < -0.4 is 5.32 Å². The lowest BCUT2D eigenvalue weighted by atomic mass is 10.3. The largest absolute Gasteiger partial charge is 0.321 e. The molecular weight excluding hydrogens is 386 g/mol. The van der Waals surface area contributed by atoms with Gasteiger partial charge >= 0.3 is 0 Å². The molecule has 4 aromatic rings. The van der Waals surface area contributed by atoms with Gasteiger partial charge in [0, 0.05) is 34.0 Å². The molecule has 0 unspecified atom stereocenters. The summed E-state index contributed by atoms with van der Waals surface area (Å²) >= 11 is 4.59. The first-order valence-corrected chi connectivity index (χ1v) is 10.2. The molecule has 0 aliphatic rings. The van der Waals surface area contributed by atoms with E-state index in [-0.39, 0.29) is 5.91 Å². The molecule has 3 aromatic heterocycles. The minimum Gasteiger partial charge on any atom is -0.321 e. The number of carbonyl (C=O) groups excluding carboxylic acids is 1. The lowest BCUT2D eigenvalue weighted by molar-refractivity contribution is 0.102. The van der Waals surface area contributed by atoms with E-state index in [2.05, 4.69) is 20.5 Å². The van der Waals surface area contributed by atoms with E-state index < -0.39 is 0 Å². The van der Waals surface area contributed by atoms with Crippen LogP contribution >= 0.6 is 34.4 Å². The van der Waals surface area contributed by atoms with Crippen LogP contribution in [0, 0.1) is 0 Å². The number of aryl methyl sites for hydroxylation is 1. The molecule has 130 valence electrons. The number of amides is 1. The molecule has 9 heteroatoms. The summed E-state index contributed by atoms with van der Waals surface area (Å²) in [5, 5.41) is 18.2. The zero-order valence-electron chi connectivity index (χ0n) is 13.6. The molecule has 0 aliphatic carbocycles. The zero-order chi connectivity index (χ0) is 17.9. The van der Waals surface area contributed by atoms with Crippen molar-refractivity contribution in [3.8, 4) is 10.6 Å².